The van der Waals surface area contributed by atoms with Crippen molar-refractivity contribution < 1.29 is 15.0 Å². The molecule has 2 rings (SSSR count). The molecule has 0 bridgehead atoms. The van der Waals surface area contributed by atoms with Crippen molar-refractivity contribution in [2.45, 2.75) is 12.2 Å². The summed E-state index contributed by atoms with van der Waals surface area (Å²) in [5.74, 6) is -0.246. The minimum atomic E-state index is -0.873. The number of aromatic amines is 1. The molecule has 14 heavy (non-hydrogen) atoms. The lowest BCUT2D eigenvalue weighted by Crippen LogP contribution is -2.30. The average molecular weight is 198 g/mol. The number of H-pyrrole nitrogens is 1. The van der Waals surface area contributed by atoms with Crippen molar-refractivity contribution in [2.24, 2.45) is 0 Å². The van der Waals surface area contributed by atoms with E-state index >= 15 is 0 Å². The van der Waals surface area contributed by atoms with Gasteiger partial charge in [-0.05, 0) is 0 Å². The maximum Gasteiger partial charge on any atom is 0.291 e. The molecule has 2 unspecified atom stereocenters. The molecule has 2 heterocycles. The van der Waals surface area contributed by atoms with Gasteiger partial charge in [-0.3, -0.25) is 9.89 Å². The maximum atomic E-state index is 11.6. The zero-order chi connectivity index (χ0) is 10.1. The first-order valence-corrected chi connectivity index (χ1v) is 4.19. The van der Waals surface area contributed by atoms with Gasteiger partial charge in [-0.15, -0.1) is 0 Å². The molecule has 3 N–H and O–H groups in total. The fraction of sp³-hybridized carbons (Fsp3) is 0.571. The third-order valence-electron chi connectivity index (χ3n) is 2.16. The maximum absolute atomic E-state index is 11.6. The molecule has 7 heteroatoms. The van der Waals surface area contributed by atoms with Crippen molar-refractivity contribution in [1.29, 1.82) is 0 Å². The molecule has 2 atom stereocenters. The Balaban J connectivity index is 2.07. The van der Waals surface area contributed by atoms with Crippen molar-refractivity contribution in [3.8, 4) is 0 Å². The molecule has 1 saturated heterocycles. The second-order valence-electron chi connectivity index (χ2n) is 3.18. The first kappa shape index (κ1) is 9.10. The predicted octanol–water partition coefficient (Wildman–Crippen LogP) is -2.02. The number of hydrogen-bond acceptors (Lipinski definition) is 5. The van der Waals surface area contributed by atoms with Gasteiger partial charge in [0.05, 0.1) is 12.2 Å². The number of hydrogen-bond donors (Lipinski definition) is 3. The number of aliphatic hydroxyl groups excluding tert-OH is 2. The zero-order valence-electron chi connectivity index (χ0n) is 7.29. The quantitative estimate of drug-likeness (QED) is 0.483. The van der Waals surface area contributed by atoms with E-state index in [1.165, 1.54) is 11.2 Å². The predicted molar refractivity (Wildman–Crippen MR) is 44.3 cm³/mol. The van der Waals surface area contributed by atoms with Gasteiger partial charge in [0, 0.05) is 13.1 Å². The fourth-order valence-electron chi connectivity index (χ4n) is 1.39. The lowest BCUT2D eigenvalue weighted by molar-refractivity contribution is 0.0572. The first-order chi connectivity index (χ1) is 6.68. The van der Waals surface area contributed by atoms with Crippen LogP contribution >= 0.6 is 0 Å². The highest BCUT2D eigenvalue weighted by molar-refractivity contribution is 5.90. The van der Waals surface area contributed by atoms with Crippen molar-refractivity contribution in [1.82, 2.24) is 20.1 Å². The monoisotopic (exact) mass is 198 g/mol. The summed E-state index contributed by atoms with van der Waals surface area (Å²) in [6.45, 7) is 0.251. The molecule has 0 radical (unpaired) electrons. The summed E-state index contributed by atoms with van der Waals surface area (Å²) in [6.07, 6.45) is -0.514. The SMILES string of the molecule is O=C(c1ncn[nH]1)N1CC(O)C(O)C1. The lowest BCUT2D eigenvalue weighted by atomic mass is 10.3. The minimum absolute atomic E-state index is 0.117. The van der Waals surface area contributed by atoms with Gasteiger partial charge < -0.3 is 15.1 Å². The van der Waals surface area contributed by atoms with E-state index in [0.29, 0.717) is 0 Å². The number of nitrogens with one attached hydrogen (secondary N) is 1. The van der Waals surface area contributed by atoms with Crippen LogP contribution in [-0.2, 0) is 0 Å². The number of aliphatic hydroxyl groups is 2. The van der Waals surface area contributed by atoms with Crippen LogP contribution in [0.2, 0.25) is 0 Å². The molecule has 1 aliphatic heterocycles. The van der Waals surface area contributed by atoms with Crippen LogP contribution in [0, 0.1) is 0 Å². The highest BCUT2D eigenvalue weighted by Gasteiger charge is 2.33. The van der Waals surface area contributed by atoms with E-state index in [4.69, 9.17) is 0 Å². The van der Waals surface area contributed by atoms with Crippen LogP contribution in [0.3, 0.4) is 0 Å². The second kappa shape index (κ2) is 3.35. The van der Waals surface area contributed by atoms with E-state index in [-0.39, 0.29) is 24.8 Å². The Bertz CT molecular complexity index is 316. The van der Waals surface area contributed by atoms with E-state index in [1.807, 2.05) is 0 Å². The summed E-state index contributed by atoms with van der Waals surface area (Å²) in [5.41, 5.74) is 0. The number of aromatic nitrogens is 3. The zero-order valence-corrected chi connectivity index (χ0v) is 7.29. The van der Waals surface area contributed by atoms with E-state index in [9.17, 15) is 15.0 Å². The summed E-state index contributed by atoms with van der Waals surface area (Å²) >= 11 is 0. The van der Waals surface area contributed by atoms with Gasteiger partial charge in [-0.25, -0.2) is 4.98 Å². The molecule has 1 aromatic heterocycles. The molecule has 1 amide bonds. The molecule has 1 fully saturated rings. The number of carbonyl (C=O) groups is 1. The Labute approximate surface area is 79.4 Å². The van der Waals surface area contributed by atoms with E-state index in [1.54, 1.807) is 0 Å². The Morgan fingerprint density at radius 2 is 2.14 bits per heavy atom. The number of rotatable bonds is 1. The summed E-state index contributed by atoms with van der Waals surface area (Å²) in [4.78, 5) is 16.6. The molecule has 1 aromatic rings. The smallest absolute Gasteiger partial charge is 0.291 e. The minimum Gasteiger partial charge on any atom is -0.388 e. The normalized spacial score (nSPS) is 26.9. The molecule has 0 aliphatic carbocycles. The van der Waals surface area contributed by atoms with Gasteiger partial charge in [0.1, 0.15) is 6.33 Å². The molecule has 0 spiro atoms. The summed E-state index contributed by atoms with van der Waals surface area (Å²) in [5, 5.41) is 24.4. The summed E-state index contributed by atoms with van der Waals surface area (Å²) in [6, 6.07) is 0. The number of amides is 1. The Hall–Kier alpha value is -1.47. The van der Waals surface area contributed by atoms with Crippen molar-refractivity contribution in [3.05, 3.63) is 12.2 Å². The standard InChI is InChI=1S/C7H10N4O3/c12-4-1-11(2-5(4)13)7(14)6-8-3-9-10-6/h3-5,12-13H,1-2H2,(H,8,9,10). The first-order valence-electron chi connectivity index (χ1n) is 4.19. The Morgan fingerprint density at radius 3 is 2.64 bits per heavy atom. The third-order valence-corrected chi connectivity index (χ3v) is 2.16. The second-order valence-corrected chi connectivity index (χ2v) is 3.18. The summed E-state index contributed by atoms with van der Waals surface area (Å²) < 4.78 is 0. The highest BCUT2D eigenvalue weighted by atomic mass is 16.3. The molecule has 0 aromatic carbocycles. The van der Waals surface area contributed by atoms with Crippen LogP contribution in [0.1, 0.15) is 10.6 Å². The number of nitrogens with zero attached hydrogens (tertiary/aromatic N) is 3. The van der Waals surface area contributed by atoms with Gasteiger partial charge in [0.25, 0.3) is 5.91 Å². The number of carbonyl (C=O) groups excluding carboxylic acids is 1. The topological polar surface area (TPSA) is 102 Å². The Morgan fingerprint density at radius 1 is 1.50 bits per heavy atom. The van der Waals surface area contributed by atoms with E-state index < -0.39 is 12.2 Å². The third kappa shape index (κ3) is 1.47. The fourth-order valence-corrected chi connectivity index (χ4v) is 1.39. The molecular formula is C7H10N4O3. The number of β-amino-alcohol motifs (C(OH)–C–C–N with tert-alkyl or cyclic N) is 2. The van der Waals surface area contributed by atoms with Gasteiger partial charge in [0.2, 0.25) is 5.82 Å². The largest absolute Gasteiger partial charge is 0.388 e. The van der Waals surface area contributed by atoms with Crippen LogP contribution in [0.4, 0.5) is 0 Å². The van der Waals surface area contributed by atoms with Crippen LogP contribution in [0.25, 0.3) is 0 Å². The highest BCUT2D eigenvalue weighted by Crippen LogP contribution is 2.11. The average Bonchev–Trinajstić information content (AvgIpc) is 2.76. The van der Waals surface area contributed by atoms with Gasteiger partial charge in [-0.1, -0.05) is 0 Å². The van der Waals surface area contributed by atoms with E-state index in [0.717, 1.165) is 0 Å². The summed E-state index contributed by atoms with van der Waals surface area (Å²) in [7, 11) is 0. The van der Waals surface area contributed by atoms with Gasteiger partial charge >= 0.3 is 0 Å². The molecule has 7 nitrogen and oxygen atoms in total. The molecule has 0 saturated carbocycles. The van der Waals surface area contributed by atoms with E-state index in [2.05, 4.69) is 15.2 Å². The van der Waals surface area contributed by atoms with Crippen LogP contribution in [-0.4, -0.2) is 61.5 Å². The molecule has 1 aliphatic rings. The van der Waals surface area contributed by atoms with Crippen molar-refractivity contribution in [2.75, 3.05) is 13.1 Å². The van der Waals surface area contributed by atoms with Crippen LogP contribution in [0.15, 0.2) is 6.33 Å². The molecular weight excluding hydrogens is 188 g/mol. The van der Waals surface area contributed by atoms with Crippen molar-refractivity contribution >= 4 is 5.91 Å². The van der Waals surface area contributed by atoms with Crippen LogP contribution < -0.4 is 0 Å². The Kier molecular flexibility index (Phi) is 2.18. The number of likely N-dealkylation sites (tertiary alicyclic amines) is 1. The van der Waals surface area contributed by atoms with Crippen LogP contribution in [0.5, 0.6) is 0 Å². The van der Waals surface area contributed by atoms with Gasteiger partial charge in [0.15, 0.2) is 0 Å². The molecule has 76 valence electrons. The van der Waals surface area contributed by atoms with Gasteiger partial charge in [-0.2, -0.15) is 5.10 Å². The lowest BCUT2D eigenvalue weighted by Gasteiger charge is -2.12. The van der Waals surface area contributed by atoms with Crippen molar-refractivity contribution in [3.63, 3.8) is 0 Å².